The van der Waals surface area contributed by atoms with Crippen molar-refractivity contribution >= 4 is 28.1 Å². The van der Waals surface area contributed by atoms with E-state index in [-0.39, 0.29) is 11.6 Å². The van der Waals surface area contributed by atoms with Crippen molar-refractivity contribution in [1.29, 1.82) is 0 Å². The van der Waals surface area contributed by atoms with Crippen LogP contribution in [0.25, 0.3) is 10.8 Å². The fourth-order valence-electron chi connectivity index (χ4n) is 4.99. The van der Waals surface area contributed by atoms with Gasteiger partial charge in [0.15, 0.2) is 0 Å². The molecule has 0 unspecified atom stereocenters. The molecule has 2 saturated heterocycles. The molecule has 170 valence electrons. The SMILES string of the molecule is O=C(c1cc([N+](=O)[O-])ccc1N1CCCC1)N1CCN(Cc2cccc3ccccc23)CC1. The predicted octanol–water partition coefficient (Wildman–Crippen LogP) is 4.31. The minimum absolute atomic E-state index is 0.0316. The fraction of sp³-hybridized carbons (Fsp3) is 0.346. The highest BCUT2D eigenvalue weighted by atomic mass is 16.6. The van der Waals surface area contributed by atoms with Gasteiger partial charge in [0, 0.05) is 57.9 Å². The monoisotopic (exact) mass is 444 g/mol. The Balaban J connectivity index is 1.30. The summed E-state index contributed by atoms with van der Waals surface area (Å²) in [5.41, 5.74) is 2.54. The van der Waals surface area contributed by atoms with E-state index in [0.29, 0.717) is 18.7 Å². The number of amides is 1. The predicted molar refractivity (Wildman–Crippen MR) is 130 cm³/mol. The zero-order chi connectivity index (χ0) is 22.8. The van der Waals surface area contributed by atoms with Crippen molar-refractivity contribution in [3.05, 3.63) is 81.9 Å². The average Bonchev–Trinajstić information content (AvgIpc) is 3.39. The molecule has 5 rings (SSSR count). The van der Waals surface area contributed by atoms with E-state index in [0.717, 1.165) is 51.3 Å². The van der Waals surface area contributed by atoms with Gasteiger partial charge in [0.25, 0.3) is 11.6 Å². The first-order chi connectivity index (χ1) is 16.1. The van der Waals surface area contributed by atoms with Crippen molar-refractivity contribution in [3.8, 4) is 0 Å². The first-order valence-corrected chi connectivity index (χ1v) is 11.6. The molecule has 0 bridgehead atoms. The standard InChI is InChI=1S/C26H28N4O3/c31-26(24-18-22(30(32)33)10-11-25(24)28-12-3-4-13-28)29-16-14-27(15-17-29)19-21-8-5-7-20-6-1-2-9-23(20)21/h1-2,5-11,18H,3-4,12-17,19H2. The van der Waals surface area contributed by atoms with Crippen LogP contribution in [0.5, 0.6) is 0 Å². The summed E-state index contributed by atoms with van der Waals surface area (Å²) in [5, 5.41) is 13.9. The third-order valence-corrected chi connectivity index (χ3v) is 6.80. The molecule has 0 aromatic heterocycles. The molecule has 7 nitrogen and oxygen atoms in total. The number of benzene rings is 3. The van der Waals surface area contributed by atoms with Crippen molar-refractivity contribution in [3.63, 3.8) is 0 Å². The van der Waals surface area contributed by atoms with Crippen LogP contribution in [0.4, 0.5) is 11.4 Å². The number of nitrogens with zero attached hydrogens (tertiary/aromatic N) is 4. The normalized spacial score (nSPS) is 17.0. The van der Waals surface area contributed by atoms with Gasteiger partial charge in [-0.2, -0.15) is 0 Å². The maximum Gasteiger partial charge on any atom is 0.270 e. The lowest BCUT2D eigenvalue weighted by atomic mass is 10.0. The van der Waals surface area contributed by atoms with E-state index in [1.54, 1.807) is 6.07 Å². The van der Waals surface area contributed by atoms with Crippen LogP contribution < -0.4 is 4.90 Å². The Bertz CT molecular complexity index is 1180. The van der Waals surface area contributed by atoms with E-state index >= 15 is 0 Å². The number of hydrogen-bond acceptors (Lipinski definition) is 5. The van der Waals surface area contributed by atoms with Crippen LogP contribution in [-0.2, 0) is 6.54 Å². The van der Waals surface area contributed by atoms with E-state index in [1.807, 2.05) is 4.90 Å². The largest absolute Gasteiger partial charge is 0.371 e. The van der Waals surface area contributed by atoms with Gasteiger partial charge in [-0.15, -0.1) is 0 Å². The smallest absolute Gasteiger partial charge is 0.270 e. The Morgan fingerprint density at radius 2 is 1.61 bits per heavy atom. The lowest BCUT2D eigenvalue weighted by molar-refractivity contribution is -0.384. The van der Waals surface area contributed by atoms with Crippen LogP contribution in [-0.4, -0.2) is 59.9 Å². The number of nitro groups is 1. The number of nitro benzene ring substituents is 1. The number of hydrogen-bond donors (Lipinski definition) is 0. The quantitative estimate of drug-likeness (QED) is 0.433. The maximum atomic E-state index is 13.5. The summed E-state index contributed by atoms with van der Waals surface area (Å²) in [6.07, 6.45) is 2.16. The van der Waals surface area contributed by atoms with Crippen LogP contribution >= 0.6 is 0 Å². The Morgan fingerprint density at radius 3 is 2.36 bits per heavy atom. The highest BCUT2D eigenvalue weighted by molar-refractivity contribution is 6.00. The molecule has 0 saturated carbocycles. The van der Waals surface area contributed by atoms with E-state index in [4.69, 9.17) is 0 Å². The molecule has 0 N–H and O–H groups in total. The van der Waals surface area contributed by atoms with Crippen LogP contribution in [0.3, 0.4) is 0 Å². The summed E-state index contributed by atoms with van der Waals surface area (Å²) in [5.74, 6) is -0.106. The number of carbonyl (C=O) groups is 1. The van der Waals surface area contributed by atoms with Crippen LogP contribution in [0.2, 0.25) is 0 Å². The van der Waals surface area contributed by atoms with Gasteiger partial charge in [-0.3, -0.25) is 19.8 Å². The number of fused-ring (bicyclic) bond motifs is 1. The highest BCUT2D eigenvalue weighted by Gasteiger charge is 2.28. The van der Waals surface area contributed by atoms with Gasteiger partial charge in [-0.1, -0.05) is 42.5 Å². The van der Waals surface area contributed by atoms with E-state index in [9.17, 15) is 14.9 Å². The van der Waals surface area contributed by atoms with E-state index in [2.05, 4.69) is 52.3 Å². The van der Waals surface area contributed by atoms with Crippen LogP contribution in [0.15, 0.2) is 60.7 Å². The molecule has 33 heavy (non-hydrogen) atoms. The maximum absolute atomic E-state index is 13.5. The summed E-state index contributed by atoms with van der Waals surface area (Å²) < 4.78 is 0. The molecule has 2 heterocycles. The van der Waals surface area contributed by atoms with Crippen molar-refractivity contribution < 1.29 is 9.72 Å². The first-order valence-electron chi connectivity index (χ1n) is 11.6. The number of piperazine rings is 1. The van der Waals surface area contributed by atoms with E-state index < -0.39 is 4.92 Å². The van der Waals surface area contributed by atoms with Gasteiger partial charge >= 0.3 is 0 Å². The van der Waals surface area contributed by atoms with E-state index in [1.165, 1.54) is 28.5 Å². The van der Waals surface area contributed by atoms with Crippen molar-refractivity contribution in [2.24, 2.45) is 0 Å². The lowest BCUT2D eigenvalue weighted by Crippen LogP contribution is -2.48. The molecule has 0 radical (unpaired) electrons. The van der Waals surface area contributed by atoms with Gasteiger partial charge in [0.05, 0.1) is 16.2 Å². The average molecular weight is 445 g/mol. The second-order valence-electron chi connectivity index (χ2n) is 8.86. The molecule has 3 aromatic rings. The molecule has 7 heteroatoms. The zero-order valence-electron chi connectivity index (χ0n) is 18.7. The van der Waals surface area contributed by atoms with Gasteiger partial charge in [-0.25, -0.2) is 0 Å². The second kappa shape index (κ2) is 9.19. The molecule has 0 aliphatic carbocycles. The van der Waals surface area contributed by atoms with Gasteiger partial charge in [0.2, 0.25) is 0 Å². The van der Waals surface area contributed by atoms with Gasteiger partial charge in [0.1, 0.15) is 0 Å². The number of anilines is 1. The summed E-state index contributed by atoms with van der Waals surface area (Å²) in [6, 6.07) is 19.5. The third-order valence-electron chi connectivity index (χ3n) is 6.80. The summed E-state index contributed by atoms with van der Waals surface area (Å²) >= 11 is 0. The molecular weight excluding hydrogens is 416 g/mol. The summed E-state index contributed by atoms with van der Waals surface area (Å²) in [7, 11) is 0. The summed E-state index contributed by atoms with van der Waals surface area (Å²) in [4.78, 5) is 30.8. The Kier molecular flexibility index (Phi) is 5.96. The molecule has 2 aliphatic heterocycles. The Morgan fingerprint density at radius 1 is 0.879 bits per heavy atom. The topological polar surface area (TPSA) is 69.9 Å². The second-order valence-corrected chi connectivity index (χ2v) is 8.86. The minimum atomic E-state index is -0.424. The number of non-ortho nitro benzene ring substituents is 1. The molecule has 0 atom stereocenters. The lowest BCUT2D eigenvalue weighted by Gasteiger charge is -2.35. The number of rotatable bonds is 5. The van der Waals surface area contributed by atoms with Crippen molar-refractivity contribution in [2.45, 2.75) is 19.4 Å². The van der Waals surface area contributed by atoms with Crippen molar-refractivity contribution in [2.75, 3.05) is 44.2 Å². The highest BCUT2D eigenvalue weighted by Crippen LogP contribution is 2.30. The molecule has 0 spiro atoms. The van der Waals surface area contributed by atoms with Crippen LogP contribution in [0.1, 0.15) is 28.8 Å². The fourth-order valence-corrected chi connectivity index (χ4v) is 4.99. The minimum Gasteiger partial charge on any atom is -0.371 e. The third kappa shape index (κ3) is 4.41. The Labute approximate surface area is 193 Å². The Hall–Kier alpha value is -3.45. The first kappa shape index (κ1) is 21.4. The number of carbonyl (C=O) groups excluding carboxylic acids is 1. The molecule has 2 aliphatic rings. The van der Waals surface area contributed by atoms with Gasteiger partial charge < -0.3 is 9.80 Å². The summed E-state index contributed by atoms with van der Waals surface area (Å²) in [6.45, 7) is 5.41. The molecule has 3 aromatic carbocycles. The zero-order valence-corrected chi connectivity index (χ0v) is 18.7. The molecular formula is C26H28N4O3. The van der Waals surface area contributed by atoms with Gasteiger partial charge in [-0.05, 0) is 35.2 Å². The van der Waals surface area contributed by atoms with Crippen LogP contribution in [0, 0.1) is 10.1 Å². The molecule has 1 amide bonds. The molecule has 2 fully saturated rings. The van der Waals surface area contributed by atoms with Crippen molar-refractivity contribution in [1.82, 2.24) is 9.80 Å².